The molecule has 0 aliphatic rings. The summed E-state index contributed by atoms with van der Waals surface area (Å²) >= 11 is 0. The molecule has 0 amide bonds. The van der Waals surface area contributed by atoms with Gasteiger partial charge in [0.1, 0.15) is 0 Å². The van der Waals surface area contributed by atoms with Crippen molar-refractivity contribution in [3.63, 3.8) is 0 Å². The van der Waals surface area contributed by atoms with E-state index in [1.54, 1.807) is 13.2 Å². The second kappa shape index (κ2) is 7.97. The smallest absolute Gasteiger partial charge is 0.379 e. The van der Waals surface area contributed by atoms with Crippen LogP contribution in [0, 0.1) is 0 Å². The fourth-order valence-corrected chi connectivity index (χ4v) is 2.58. The molecule has 0 aliphatic carbocycles. The van der Waals surface area contributed by atoms with Gasteiger partial charge in [-0.2, -0.15) is 18.0 Å². The lowest BCUT2D eigenvalue weighted by Crippen LogP contribution is -2.22. The van der Waals surface area contributed by atoms with E-state index in [1.165, 1.54) is 16.9 Å². The number of rotatable bonds is 6. The van der Waals surface area contributed by atoms with Gasteiger partial charge in [-0.05, 0) is 55.5 Å². The Balaban J connectivity index is 1.85. The summed E-state index contributed by atoms with van der Waals surface area (Å²) in [6.45, 7) is 3.83. The Kier molecular flexibility index (Phi) is 5.64. The topological polar surface area (TPSA) is 64.9 Å². The number of para-hydroxylation sites is 1. The number of ether oxygens (including phenoxy) is 1. The van der Waals surface area contributed by atoms with E-state index in [1.807, 2.05) is 32.0 Å². The molecule has 2 aromatic carbocycles. The van der Waals surface area contributed by atoms with Crippen LogP contribution in [0.15, 0.2) is 48.5 Å². The van der Waals surface area contributed by atoms with E-state index in [9.17, 15) is 13.2 Å². The number of aromatic nitrogens is 4. The number of nitrogens with zero attached hydrogens (tertiary/aromatic N) is 4. The van der Waals surface area contributed by atoms with E-state index < -0.39 is 11.7 Å². The number of methoxy groups -OCH3 is 1. The van der Waals surface area contributed by atoms with Gasteiger partial charge in [-0.25, -0.2) is 0 Å². The number of anilines is 2. The highest BCUT2D eigenvalue weighted by Gasteiger charge is 2.30. The molecule has 0 aliphatic heterocycles. The molecular weight excluding hydrogens is 371 g/mol. The van der Waals surface area contributed by atoms with Crippen LogP contribution in [0.2, 0.25) is 0 Å². The summed E-state index contributed by atoms with van der Waals surface area (Å²) in [5.41, 5.74) is 1.17. The van der Waals surface area contributed by atoms with Gasteiger partial charge in [0, 0.05) is 24.0 Å². The molecule has 1 heterocycles. The number of benzene rings is 2. The zero-order valence-electron chi connectivity index (χ0n) is 15.6. The maximum Gasteiger partial charge on any atom is 0.416 e. The van der Waals surface area contributed by atoms with Gasteiger partial charge in [0.25, 0.3) is 0 Å². The number of alkyl halides is 3. The van der Waals surface area contributed by atoms with E-state index >= 15 is 0 Å². The van der Waals surface area contributed by atoms with Crippen molar-refractivity contribution < 1.29 is 17.9 Å². The van der Waals surface area contributed by atoms with Crippen molar-refractivity contribution in [2.24, 2.45) is 0 Å². The minimum absolute atomic E-state index is 0.0948. The Bertz CT molecular complexity index is 924. The van der Waals surface area contributed by atoms with Gasteiger partial charge >= 0.3 is 6.18 Å². The summed E-state index contributed by atoms with van der Waals surface area (Å²) in [7, 11) is 1.61. The summed E-state index contributed by atoms with van der Waals surface area (Å²) in [6.07, 6.45) is -4.46. The van der Waals surface area contributed by atoms with Crippen molar-refractivity contribution in [1.29, 1.82) is 0 Å². The first-order valence-corrected chi connectivity index (χ1v) is 8.65. The highest BCUT2D eigenvalue weighted by Crippen LogP contribution is 2.32. The maximum atomic E-state index is 12.7. The number of tetrazole rings is 1. The van der Waals surface area contributed by atoms with E-state index in [4.69, 9.17) is 4.74 Å². The largest absolute Gasteiger partial charge is 0.416 e. The van der Waals surface area contributed by atoms with Crippen molar-refractivity contribution in [2.75, 3.05) is 12.4 Å². The quantitative estimate of drug-likeness (QED) is 0.660. The number of hydrogen-bond acceptors (Lipinski definition) is 5. The molecule has 0 saturated heterocycles. The summed E-state index contributed by atoms with van der Waals surface area (Å²) in [5, 5.41) is 15.7. The summed E-state index contributed by atoms with van der Waals surface area (Å²) < 4.78 is 43.5. The first-order valence-electron chi connectivity index (χ1n) is 8.65. The van der Waals surface area contributed by atoms with Crippen molar-refractivity contribution >= 4 is 11.4 Å². The van der Waals surface area contributed by atoms with Crippen LogP contribution in [0.5, 0.6) is 0 Å². The van der Waals surface area contributed by atoms with Crippen molar-refractivity contribution in [3.05, 3.63) is 54.1 Å². The predicted molar refractivity (Wildman–Crippen MR) is 99.2 cm³/mol. The molecule has 6 nitrogen and oxygen atoms in total. The van der Waals surface area contributed by atoms with E-state index in [2.05, 4.69) is 20.7 Å². The Morgan fingerprint density at radius 2 is 1.71 bits per heavy atom. The second-order valence-electron chi connectivity index (χ2n) is 6.36. The minimum atomic E-state index is -4.37. The molecule has 3 rings (SSSR count). The highest BCUT2D eigenvalue weighted by molar-refractivity contribution is 5.77. The van der Waals surface area contributed by atoms with Crippen LogP contribution in [-0.4, -0.2) is 33.4 Å². The minimum Gasteiger partial charge on any atom is -0.379 e. The number of nitrogens with one attached hydrogen (secondary N) is 1. The van der Waals surface area contributed by atoms with Crippen LogP contribution in [0.4, 0.5) is 24.5 Å². The Morgan fingerprint density at radius 1 is 1.04 bits per heavy atom. The van der Waals surface area contributed by atoms with E-state index in [-0.39, 0.29) is 12.1 Å². The lowest BCUT2D eigenvalue weighted by atomic mass is 10.1. The summed E-state index contributed by atoms with van der Waals surface area (Å²) in [5.74, 6) is 0.408. The van der Waals surface area contributed by atoms with Crippen molar-refractivity contribution in [3.8, 4) is 11.4 Å². The zero-order valence-corrected chi connectivity index (χ0v) is 15.6. The SMILES string of the molecule is CO[C@@H](C)[C@@H](C)n1nnc(-c2ccccc2Nc2ccc(C(F)(F)F)cc2)n1. The van der Waals surface area contributed by atoms with Gasteiger partial charge in [0.15, 0.2) is 0 Å². The van der Waals surface area contributed by atoms with Crippen molar-refractivity contribution in [1.82, 2.24) is 20.2 Å². The molecule has 0 bridgehead atoms. The summed E-state index contributed by atoms with van der Waals surface area (Å²) in [4.78, 5) is 1.48. The molecule has 9 heteroatoms. The van der Waals surface area contributed by atoms with Crippen molar-refractivity contribution in [2.45, 2.75) is 32.2 Å². The molecule has 28 heavy (non-hydrogen) atoms. The Morgan fingerprint density at radius 3 is 2.36 bits per heavy atom. The lowest BCUT2D eigenvalue weighted by molar-refractivity contribution is -0.137. The molecule has 0 unspecified atom stereocenters. The molecule has 3 aromatic rings. The molecule has 0 spiro atoms. The molecule has 2 atom stereocenters. The summed E-state index contributed by atoms with van der Waals surface area (Å²) in [6, 6.07) is 12.0. The van der Waals surface area contributed by atoms with Crippen LogP contribution in [0.3, 0.4) is 0 Å². The molecule has 0 saturated carbocycles. The predicted octanol–water partition coefficient (Wildman–Crippen LogP) is 4.70. The average Bonchev–Trinajstić information content (AvgIpc) is 3.17. The lowest BCUT2D eigenvalue weighted by Gasteiger charge is -2.16. The maximum absolute atomic E-state index is 12.7. The van der Waals surface area contributed by atoms with Gasteiger partial charge < -0.3 is 10.1 Å². The molecule has 0 radical (unpaired) electrons. The number of hydrogen-bond donors (Lipinski definition) is 1. The zero-order chi connectivity index (χ0) is 20.3. The second-order valence-corrected chi connectivity index (χ2v) is 6.36. The average molecular weight is 391 g/mol. The standard InChI is InChI=1S/C19H20F3N5O/c1-12(13(2)28-3)27-25-18(24-26-27)16-6-4-5-7-17(16)23-15-10-8-14(9-11-15)19(20,21)22/h4-13,23H,1-3H3/t12-,13+/m1/s1. The highest BCUT2D eigenvalue weighted by atomic mass is 19.4. The third-order valence-electron chi connectivity index (χ3n) is 4.50. The van der Waals surface area contributed by atoms with Crippen LogP contribution >= 0.6 is 0 Å². The Labute approximate surface area is 160 Å². The van der Waals surface area contributed by atoms with E-state index in [0.29, 0.717) is 22.8 Å². The first kappa shape index (κ1) is 19.8. The van der Waals surface area contributed by atoms with Crippen LogP contribution in [0.25, 0.3) is 11.4 Å². The fourth-order valence-electron chi connectivity index (χ4n) is 2.58. The fraction of sp³-hybridized carbons (Fsp3) is 0.316. The van der Waals surface area contributed by atoms with Gasteiger partial charge in [0.05, 0.1) is 17.7 Å². The third-order valence-corrected chi connectivity index (χ3v) is 4.50. The van der Waals surface area contributed by atoms with Gasteiger partial charge in [-0.3, -0.25) is 0 Å². The number of halogens is 3. The monoisotopic (exact) mass is 391 g/mol. The van der Waals surface area contributed by atoms with Gasteiger partial charge in [-0.1, -0.05) is 12.1 Å². The van der Waals surface area contributed by atoms with E-state index in [0.717, 1.165) is 12.1 Å². The Hall–Kier alpha value is -2.94. The molecule has 148 valence electrons. The van der Waals surface area contributed by atoms with Gasteiger partial charge in [-0.15, -0.1) is 10.2 Å². The van der Waals surface area contributed by atoms with Gasteiger partial charge in [0.2, 0.25) is 5.82 Å². The molecular formula is C19H20F3N5O. The van der Waals surface area contributed by atoms with Crippen LogP contribution in [-0.2, 0) is 10.9 Å². The first-order chi connectivity index (χ1) is 13.3. The van der Waals surface area contributed by atoms with Crippen LogP contribution in [0.1, 0.15) is 25.5 Å². The molecule has 0 fully saturated rings. The third kappa shape index (κ3) is 4.30. The van der Waals surface area contributed by atoms with Crippen LogP contribution < -0.4 is 5.32 Å². The molecule has 1 aromatic heterocycles. The normalized spacial score (nSPS) is 13.9. The molecule has 1 N–H and O–H groups in total.